The Kier molecular flexibility index (Phi) is 3.95. The number of carbonyl (C=O) groups excluding carboxylic acids is 1. The van der Waals surface area contributed by atoms with E-state index in [4.69, 9.17) is 15.2 Å². The standard InChI is InChI=1S/C14H20N2O3/c1-18-10-4-5-11(12(8-10)19-2)16-13(17)14(9-15)6-3-7-14/h4-5,8H,3,6-7,9,15H2,1-2H3,(H,16,17). The number of anilines is 1. The van der Waals surface area contributed by atoms with Crippen LogP contribution in [-0.4, -0.2) is 26.7 Å². The number of methoxy groups -OCH3 is 2. The molecule has 1 amide bonds. The molecule has 3 N–H and O–H groups in total. The molecule has 1 aliphatic carbocycles. The predicted octanol–water partition coefficient (Wildman–Crippen LogP) is 1.77. The van der Waals surface area contributed by atoms with E-state index in [9.17, 15) is 4.79 Å². The van der Waals surface area contributed by atoms with Crippen LogP contribution in [0.4, 0.5) is 5.69 Å². The van der Waals surface area contributed by atoms with E-state index in [1.165, 1.54) is 0 Å². The van der Waals surface area contributed by atoms with Crippen molar-refractivity contribution in [2.24, 2.45) is 11.1 Å². The molecule has 5 heteroatoms. The Bertz CT molecular complexity index is 464. The van der Waals surface area contributed by atoms with Gasteiger partial charge in [-0.05, 0) is 25.0 Å². The van der Waals surface area contributed by atoms with Crippen molar-refractivity contribution in [3.8, 4) is 11.5 Å². The fourth-order valence-electron chi connectivity index (χ4n) is 2.28. The van der Waals surface area contributed by atoms with Crippen LogP contribution in [0.2, 0.25) is 0 Å². The molecule has 0 unspecified atom stereocenters. The second-order valence-corrected chi connectivity index (χ2v) is 4.86. The number of ether oxygens (including phenoxy) is 2. The molecule has 0 bridgehead atoms. The first-order valence-electron chi connectivity index (χ1n) is 6.39. The van der Waals surface area contributed by atoms with Crippen LogP contribution in [0, 0.1) is 5.41 Å². The number of benzene rings is 1. The van der Waals surface area contributed by atoms with Crippen LogP contribution in [0.15, 0.2) is 18.2 Å². The van der Waals surface area contributed by atoms with Crippen molar-refractivity contribution in [2.75, 3.05) is 26.1 Å². The lowest BCUT2D eigenvalue weighted by atomic mass is 9.68. The first kappa shape index (κ1) is 13.7. The molecule has 0 atom stereocenters. The highest BCUT2D eigenvalue weighted by atomic mass is 16.5. The fraction of sp³-hybridized carbons (Fsp3) is 0.500. The molecule has 0 heterocycles. The van der Waals surface area contributed by atoms with Gasteiger partial charge in [-0.1, -0.05) is 6.42 Å². The van der Waals surface area contributed by atoms with Gasteiger partial charge in [0.1, 0.15) is 11.5 Å². The molecule has 1 fully saturated rings. The topological polar surface area (TPSA) is 73.6 Å². The van der Waals surface area contributed by atoms with Gasteiger partial charge >= 0.3 is 0 Å². The number of hydrogen-bond donors (Lipinski definition) is 2. The van der Waals surface area contributed by atoms with Gasteiger partial charge in [0.15, 0.2) is 0 Å². The summed E-state index contributed by atoms with van der Waals surface area (Å²) in [5.74, 6) is 1.25. The molecular formula is C14H20N2O3. The summed E-state index contributed by atoms with van der Waals surface area (Å²) in [4.78, 5) is 12.3. The van der Waals surface area contributed by atoms with Crippen molar-refractivity contribution in [1.82, 2.24) is 0 Å². The summed E-state index contributed by atoms with van der Waals surface area (Å²) in [7, 11) is 3.15. The van der Waals surface area contributed by atoms with Crippen LogP contribution < -0.4 is 20.5 Å². The largest absolute Gasteiger partial charge is 0.497 e. The first-order valence-corrected chi connectivity index (χ1v) is 6.39. The van der Waals surface area contributed by atoms with E-state index in [1.54, 1.807) is 32.4 Å². The molecule has 0 radical (unpaired) electrons. The first-order chi connectivity index (χ1) is 9.15. The zero-order valence-electron chi connectivity index (χ0n) is 11.4. The van der Waals surface area contributed by atoms with Crippen LogP contribution in [-0.2, 0) is 4.79 Å². The minimum Gasteiger partial charge on any atom is -0.497 e. The molecule has 1 aromatic carbocycles. The van der Waals surface area contributed by atoms with Crippen molar-refractivity contribution in [2.45, 2.75) is 19.3 Å². The Hall–Kier alpha value is -1.75. The monoisotopic (exact) mass is 264 g/mol. The number of nitrogens with two attached hydrogens (primary N) is 1. The zero-order chi connectivity index (χ0) is 13.9. The van der Waals surface area contributed by atoms with Gasteiger partial charge in [-0.15, -0.1) is 0 Å². The molecule has 19 heavy (non-hydrogen) atoms. The van der Waals surface area contributed by atoms with Gasteiger partial charge in [-0.25, -0.2) is 0 Å². The van der Waals surface area contributed by atoms with Gasteiger partial charge < -0.3 is 20.5 Å². The number of carbonyl (C=O) groups is 1. The highest BCUT2D eigenvalue weighted by Crippen LogP contribution is 2.41. The van der Waals surface area contributed by atoms with Gasteiger partial charge in [0.25, 0.3) is 0 Å². The molecule has 1 saturated carbocycles. The van der Waals surface area contributed by atoms with Crippen LogP contribution in [0.5, 0.6) is 11.5 Å². The number of hydrogen-bond acceptors (Lipinski definition) is 4. The summed E-state index contributed by atoms with van der Waals surface area (Å²) in [6.45, 7) is 0.386. The van der Waals surface area contributed by atoms with Crippen molar-refractivity contribution in [1.29, 1.82) is 0 Å². The average molecular weight is 264 g/mol. The summed E-state index contributed by atoms with van der Waals surface area (Å²) in [5.41, 5.74) is 5.98. The van der Waals surface area contributed by atoms with E-state index >= 15 is 0 Å². The van der Waals surface area contributed by atoms with Crippen molar-refractivity contribution >= 4 is 11.6 Å². The Morgan fingerprint density at radius 3 is 2.58 bits per heavy atom. The normalized spacial score (nSPS) is 16.4. The average Bonchev–Trinajstić information content (AvgIpc) is 2.38. The SMILES string of the molecule is COc1ccc(NC(=O)C2(CN)CCC2)c(OC)c1. The van der Waals surface area contributed by atoms with Gasteiger partial charge in [-0.3, -0.25) is 4.79 Å². The van der Waals surface area contributed by atoms with Crippen LogP contribution in [0.3, 0.4) is 0 Å². The second kappa shape index (κ2) is 5.48. The van der Waals surface area contributed by atoms with E-state index < -0.39 is 5.41 Å². The van der Waals surface area contributed by atoms with Crippen LogP contribution in [0.25, 0.3) is 0 Å². The molecule has 0 aromatic heterocycles. The highest BCUT2D eigenvalue weighted by Gasteiger charge is 2.43. The lowest BCUT2D eigenvalue weighted by Gasteiger charge is -2.39. The Balaban J connectivity index is 2.16. The fourth-order valence-corrected chi connectivity index (χ4v) is 2.28. The molecule has 1 aromatic rings. The van der Waals surface area contributed by atoms with Crippen molar-refractivity contribution in [3.63, 3.8) is 0 Å². The summed E-state index contributed by atoms with van der Waals surface area (Å²) in [6.07, 6.45) is 2.77. The number of amides is 1. The third-order valence-electron chi connectivity index (χ3n) is 3.84. The van der Waals surface area contributed by atoms with Crippen molar-refractivity contribution in [3.05, 3.63) is 18.2 Å². The Labute approximate surface area is 113 Å². The van der Waals surface area contributed by atoms with Gasteiger partial charge in [-0.2, -0.15) is 0 Å². The maximum absolute atomic E-state index is 12.3. The molecule has 1 aliphatic rings. The summed E-state index contributed by atoms with van der Waals surface area (Å²) >= 11 is 0. The molecule has 0 saturated heterocycles. The van der Waals surface area contributed by atoms with Crippen LogP contribution >= 0.6 is 0 Å². The second-order valence-electron chi connectivity index (χ2n) is 4.86. The van der Waals surface area contributed by atoms with E-state index in [0.29, 0.717) is 23.7 Å². The predicted molar refractivity (Wildman–Crippen MR) is 73.5 cm³/mol. The molecule has 0 spiro atoms. The minimum absolute atomic E-state index is 0.0234. The quantitative estimate of drug-likeness (QED) is 0.850. The molecule has 104 valence electrons. The van der Waals surface area contributed by atoms with E-state index in [0.717, 1.165) is 19.3 Å². The smallest absolute Gasteiger partial charge is 0.231 e. The third kappa shape index (κ3) is 2.51. The van der Waals surface area contributed by atoms with Gasteiger partial charge in [0.2, 0.25) is 5.91 Å². The molecule has 0 aliphatic heterocycles. The maximum atomic E-state index is 12.3. The molecule has 2 rings (SSSR count). The summed E-state index contributed by atoms with van der Waals surface area (Å²) in [5, 5.41) is 2.91. The van der Waals surface area contributed by atoms with Gasteiger partial charge in [0, 0.05) is 12.6 Å². The Morgan fingerprint density at radius 1 is 1.37 bits per heavy atom. The highest BCUT2D eigenvalue weighted by molar-refractivity contribution is 5.97. The third-order valence-corrected chi connectivity index (χ3v) is 3.84. The van der Waals surface area contributed by atoms with E-state index in [-0.39, 0.29) is 5.91 Å². The number of rotatable bonds is 5. The van der Waals surface area contributed by atoms with Gasteiger partial charge in [0.05, 0.1) is 25.3 Å². The molecule has 5 nitrogen and oxygen atoms in total. The lowest BCUT2D eigenvalue weighted by molar-refractivity contribution is -0.129. The minimum atomic E-state index is -0.398. The van der Waals surface area contributed by atoms with Crippen molar-refractivity contribution < 1.29 is 14.3 Å². The summed E-state index contributed by atoms with van der Waals surface area (Å²) in [6, 6.07) is 5.30. The lowest BCUT2D eigenvalue weighted by Crippen LogP contribution is -2.47. The molecular weight excluding hydrogens is 244 g/mol. The van der Waals surface area contributed by atoms with E-state index in [2.05, 4.69) is 5.32 Å². The maximum Gasteiger partial charge on any atom is 0.231 e. The number of nitrogens with one attached hydrogen (secondary N) is 1. The zero-order valence-corrected chi connectivity index (χ0v) is 11.4. The summed E-state index contributed by atoms with van der Waals surface area (Å²) < 4.78 is 10.4. The van der Waals surface area contributed by atoms with Crippen LogP contribution in [0.1, 0.15) is 19.3 Å². The Morgan fingerprint density at radius 2 is 2.11 bits per heavy atom. The van der Waals surface area contributed by atoms with E-state index in [1.807, 2.05) is 0 Å².